The van der Waals surface area contributed by atoms with E-state index in [1.54, 1.807) is 10.9 Å². The highest BCUT2D eigenvalue weighted by atomic mass is 19.4. The molecule has 7 nitrogen and oxygen atoms in total. The van der Waals surface area contributed by atoms with Gasteiger partial charge < -0.3 is 10.2 Å². The van der Waals surface area contributed by atoms with Crippen molar-refractivity contribution in [2.24, 2.45) is 0 Å². The number of carbonyl (C=O) groups excluding carboxylic acids is 1. The molecule has 1 fully saturated rings. The molecule has 3 heterocycles. The lowest BCUT2D eigenvalue weighted by atomic mass is 10.1. The maximum absolute atomic E-state index is 12.8. The predicted octanol–water partition coefficient (Wildman–Crippen LogP) is 3.66. The molecule has 4 rings (SSSR count). The van der Waals surface area contributed by atoms with E-state index in [2.05, 4.69) is 25.3 Å². The van der Waals surface area contributed by atoms with Crippen LogP contribution in [0.2, 0.25) is 0 Å². The van der Waals surface area contributed by atoms with E-state index in [1.165, 1.54) is 31.3 Å². The number of nitrogens with one attached hydrogen (secondary N) is 1. The topological polar surface area (TPSA) is 75.9 Å². The molecule has 0 spiro atoms. The number of rotatable bonds is 5. The maximum Gasteiger partial charge on any atom is 0.416 e. The fourth-order valence-electron chi connectivity index (χ4n) is 3.79. The Labute approximate surface area is 177 Å². The summed E-state index contributed by atoms with van der Waals surface area (Å²) in [5, 5.41) is 7.88. The van der Waals surface area contributed by atoms with Crippen molar-refractivity contribution < 1.29 is 18.0 Å². The number of carbonyl (C=O) groups is 1. The van der Waals surface area contributed by atoms with Crippen molar-refractivity contribution in [1.82, 2.24) is 25.1 Å². The molecule has 1 aliphatic heterocycles. The third kappa shape index (κ3) is 4.78. The number of benzene rings is 1. The molecular weight excluding hydrogens is 409 g/mol. The summed E-state index contributed by atoms with van der Waals surface area (Å²) in [6.07, 6.45) is 3.44. The van der Waals surface area contributed by atoms with Crippen molar-refractivity contribution in [2.45, 2.75) is 38.4 Å². The molecule has 0 unspecified atom stereocenters. The SMILES string of the molecule is O=C(NCCn1ncc2c(N3CCCCCC3)ncnc21)c1cccc(C(F)(F)F)c1. The highest BCUT2D eigenvalue weighted by Gasteiger charge is 2.30. The number of anilines is 1. The van der Waals surface area contributed by atoms with Crippen LogP contribution in [-0.2, 0) is 12.7 Å². The van der Waals surface area contributed by atoms with E-state index in [1.807, 2.05) is 0 Å². The summed E-state index contributed by atoms with van der Waals surface area (Å²) in [4.78, 5) is 23.3. The number of nitrogens with zero attached hydrogens (tertiary/aromatic N) is 5. The number of alkyl halides is 3. The Hall–Kier alpha value is -3.17. The summed E-state index contributed by atoms with van der Waals surface area (Å²) in [5.41, 5.74) is -0.218. The van der Waals surface area contributed by atoms with Crippen LogP contribution in [0.3, 0.4) is 0 Å². The van der Waals surface area contributed by atoms with Crippen LogP contribution >= 0.6 is 0 Å². The van der Waals surface area contributed by atoms with Crippen LogP contribution in [0.15, 0.2) is 36.8 Å². The summed E-state index contributed by atoms with van der Waals surface area (Å²) in [5.74, 6) is 0.300. The zero-order valence-electron chi connectivity index (χ0n) is 16.9. The molecule has 164 valence electrons. The summed E-state index contributed by atoms with van der Waals surface area (Å²) >= 11 is 0. The van der Waals surface area contributed by atoms with Crippen LogP contribution in [-0.4, -0.2) is 45.3 Å². The van der Waals surface area contributed by atoms with Gasteiger partial charge in [-0.1, -0.05) is 18.9 Å². The number of amides is 1. The van der Waals surface area contributed by atoms with Gasteiger partial charge in [-0.2, -0.15) is 18.3 Å². The minimum absolute atomic E-state index is 0.0362. The molecular formula is C21H23F3N6O. The van der Waals surface area contributed by atoms with Gasteiger partial charge in [0.25, 0.3) is 5.91 Å². The highest BCUT2D eigenvalue weighted by Crippen LogP contribution is 2.29. The smallest absolute Gasteiger partial charge is 0.356 e. The third-order valence-corrected chi connectivity index (χ3v) is 5.38. The molecule has 3 aromatic rings. The Morgan fingerprint density at radius 1 is 1.10 bits per heavy atom. The molecule has 1 saturated heterocycles. The van der Waals surface area contributed by atoms with Gasteiger partial charge in [0.1, 0.15) is 12.1 Å². The van der Waals surface area contributed by atoms with Gasteiger partial charge in [0, 0.05) is 25.2 Å². The maximum atomic E-state index is 12.8. The van der Waals surface area contributed by atoms with E-state index in [9.17, 15) is 18.0 Å². The van der Waals surface area contributed by atoms with Crippen LogP contribution in [0.1, 0.15) is 41.6 Å². The average Bonchev–Trinajstić information content (AvgIpc) is 2.98. The molecule has 2 aromatic heterocycles. The van der Waals surface area contributed by atoms with Gasteiger partial charge in [0.05, 0.1) is 23.7 Å². The van der Waals surface area contributed by atoms with E-state index in [0.717, 1.165) is 49.3 Å². The molecule has 0 bridgehead atoms. The molecule has 1 N–H and O–H groups in total. The van der Waals surface area contributed by atoms with Crippen molar-refractivity contribution in [3.63, 3.8) is 0 Å². The molecule has 10 heteroatoms. The van der Waals surface area contributed by atoms with Gasteiger partial charge in [-0.05, 0) is 31.0 Å². The van der Waals surface area contributed by atoms with E-state index in [0.29, 0.717) is 12.2 Å². The quantitative estimate of drug-likeness (QED) is 0.666. The van der Waals surface area contributed by atoms with Crippen LogP contribution in [0.25, 0.3) is 11.0 Å². The first kappa shape index (κ1) is 21.1. The Bertz CT molecular complexity index is 1060. The number of aromatic nitrogens is 4. The molecule has 0 radical (unpaired) electrons. The van der Waals surface area contributed by atoms with Crippen LogP contribution in [0.5, 0.6) is 0 Å². The van der Waals surface area contributed by atoms with E-state index in [4.69, 9.17) is 0 Å². The largest absolute Gasteiger partial charge is 0.416 e. The Balaban J connectivity index is 1.43. The summed E-state index contributed by atoms with van der Waals surface area (Å²) in [6, 6.07) is 4.36. The second-order valence-corrected chi connectivity index (χ2v) is 7.54. The van der Waals surface area contributed by atoms with Gasteiger partial charge in [0.15, 0.2) is 5.65 Å². The monoisotopic (exact) mass is 432 g/mol. The molecule has 0 saturated carbocycles. The van der Waals surface area contributed by atoms with Gasteiger partial charge in [0.2, 0.25) is 0 Å². The predicted molar refractivity (Wildman–Crippen MR) is 110 cm³/mol. The Morgan fingerprint density at radius 2 is 1.87 bits per heavy atom. The molecule has 1 aromatic carbocycles. The fraction of sp³-hybridized carbons (Fsp3) is 0.429. The minimum atomic E-state index is -4.49. The highest BCUT2D eigenvalue weighted by molar-refractivity contribution is 5.94. The van der Waals surface area contributed by atoms with Gasteiger partial charge >= 0.3 is 6.18 Å². The Morgan fingerprint density at radius 3 is 2.61 bits per heavy atom. The van der Waals surface area contributed by atoms with Crippen molar-refractivity contribution in [1.29, 1.82) is 0 Å². The first-order valence-corrected chi connectivity index (χ1v) is 10.3. The van der Waals surface area contributed by atoms with Crippen molar-refractivity contribution in [2.75, 3.05) is 24.5 Å². The molecule has 0 aliphatic carbocycles. The van der Waals surface area contributed by atoms with Crippen molar-refractivity contribution in [3.8, 4) is 0 Å². The molecule has 1 amide bonds. The molecule has 0 atom stereocenters. The fourth-order valence-corrected chi connectivity index (χ4v) is 3.79. The minimum Gasteiger partial charge on any atom is -0.356 e. The zero-order valence-corrected chi connectivity index (χ0v) is 16.9. The van der Waals surface area contributed by atoms with Crippen LogP contribution < -0.4 is 10.2 Å². The second-order valence-electron chi connectivity index (χ2n) is 7.54. The first-order valence-electron chi connectivity index (χ1n) is 10.3. The molecule has 1 aliphatic rings. The molecule has 31 heavy (non-hydrogen) atoms. The van der Waals surface area contributed by atoms with E-state index in [-0.39, 0.29) is 12.1 Å². The van der Waals surface area contributed by atoms with Crippen molar-refractivity contribution >= 4 is 22.8 Å². The standard InChI is InChI=1S/C21H23F3N6O/c22-21(23,24)16-7-5-6-15(12-16)20(31)25-8-11-30-19-17(13-28-30)18(26-14-27-19)29-9-3-1-2-4-10-29/h5-7,12-14H,1-4,8-11H2,(H,25,31). The number of fused-ring (bicyclic) bond motifs is 1. The van der Waals surface area contributed by atoms with E-state index < -0.39 is 17.6 Å². The van der Waals surface area contributed by atoms with E-state index >= 15 is 0 Å². The van der Waals surface area contributed by atoms with Crippen LogP contribution in [0.4, 0.5) is 19.0 Å². The first-order chi connectivity index (χ1) is 14.9. The van der Waals surface area contributed by atoms with Crippen LogP contribution in [0, 0.1) is 0 Å². The van der Waals surface area contributed by atoms with Gasteiger partial charge in [-0.3, -0.25) is 4.79 Å². The number of halogens is 3. The normalized spacial score (nSPS) is 15.1. The average molecular weight is 432 g/mol. The zero-order chi connectivity index (χ0) is 21.8. The lowest BCUT2D eigenvalue weighted by Gasteiger charge is -2.21. The number of hydrogen-bond donors (Lipinski definition) is 1. The lowest BCUT2D eigenvalue weighted by molar-refractivity contribution is -0.137. The second kappa shape index (κ2) is 8.91. The summed E-state index contributed by atoms with van der Waals surface area (Å²) < 4.78 is 40.2. The van der Waals surface area contributed by atoms with Gasteiger partial charge in [-0.15, -0.1) is 0 Å². The third-order valence-electron chi connectivity index (χ3n) is 5.38. The number of hydrogen-bond acceptors (Lipinski definition) is 5. The van der Waals surface area contributed by atoms with Gasteiger partial charge in [-0.25, -0.2) is 14.6 Å². The lowest BCUT2D eigenvalue weighted by Crippen LogP contribution is -2.28. The summed E-state index contributed by atoms with van der Waals surface area (Å²) in [6.45, 7) is 2.44. The Kier molecular flexibility index (Phi) is 6.06. The van der Waals surface area contributed by atoms with Crippen molar-refractivity contribution in [3.05, 3.63) is 47.9 Å². The summed E-state index contributed by atoms with van der Waals surface area (Å²) in [7, 11) is 0.